The van der Waals surface area contributed by atoms with E-state index < -0.39 is 0 Å². The SMILES string of the molecule is CCC=CC=CN=CCC=CCC. The Morgan fingerprint density at radius 2 is 1.69 bits per heavy atom. The minimum Gasteiger partial charge on any atom is -0.269 e. The summed E-state index contributed by atoms with van der Waals surface area (Å²) in [6.45, 7) is 4.24. The van der Waals surface area contributed by atoms with Crippen LogP contribution in [0.4, 0.5) is 0 Å². The quantitative estimate of drug-likeness (QED) is 0.331. The molecular weight excluding hydrogens is 158 g/mol. The van der Waals surface area contributed by atoms with Crippen LogP contribution in [0.5, 0.6) is 0 Å². The number of allylic oxidation sites excluding steroid dienone is 5. The largest absolute Gasteiger partial charge is 0.269 e. The fourth-order valence-corrected chi connectivity index (χ4v) is 0.759. The summed E-state index contributed by atoms with van der Waals surface area (Å²) in [5.41, 5.74) is 0. The van der Waals surface area contributed by atoms with Crippen LogP contribution in [0.2, 0.25) is 0 Å². The standard InChI is InChI=1S/C12H19N/c1-3-5-7-9-11-13-12-10-8-6-4-2/h5-9,11-12H,3-4,10H2,1-2H3. The van der Waals surface area contributed by atoms with Crippen molar-refractivity contribution in [1.82, 2.24) is 0 Å². The van der Waals surface area contributed by atoms with Crippen molar-refractivity contribution < 1.29 is 0 Å². The fourth-order valence-electron chi connectivity index (χ4n) is 0.759. The summed E-state index contributed by atoms with van der Waals surface area (Å²) in [5, 5.41) is 0. The highest BCUT2D eigenvalue weighted by molar-refractivity contribution is 5.60. The third-order valence-corrected chi connectivity index (χ3v) is 1.40. The van der Waals surface area contributed by atoms with E-state index in [1.165, 1.54) is 0 Å². The van der Waals surface area contributed by atoms with Gasteiger partial charge in [0.1, 0.15) is 0 Å². The van der Waals surface area contributed by atoms with E-state index in [9.17, 15) is 0 Å². The van der Waals surface area contributed by atoms with Crippen molar-refractivity contribution >= 4 is 6.21 Å². The van der Waals surface area contributed by atoms with Crippen LogP contribution in [0.3, 0.4) is 0 Å². The second-order valence-electron chi connectivity index (χ2n) is 2.62. The predicted molar refractivity (Wildman–Crippen MR) is 61.1 cm³/mol. The molecule has 0 unspecified atom stereocenters. The topological polar surface area (TPSA) is 12.4 Å². The molecule has 0 saturated carbocycles. The third-order valence-electron chi connectivity index (χ3n) is 1.40. The second kappa shape index (κ2) is 10.9. The van der Waals surface area contributed by atoms with Crippen LogP contribution >= 0.6 is 0 Å². The van der Waals surface area contributed by atoms with Crippen molar-refractivity contribution in [3.05, 3.63) is 36.6 Å². The van der Waals surface area contributed by atoms with Crippen LogP contribution in [0, 0.1) is 0 Å². The molecular formula is C12H19N. The minimum absolute atomic E-state index is 0.926. The first-order chi connectivity index (χ1) is 6.41. The van der Waals surface area contributed by atoms with Crippen LogP contribution in [0.25, 0.3) is 0 Å². The number of nitrogens with zero attached hydrogens (tertiary/aromatic N) is 1. The molecule has 0 fully saturated rings. The predicted octanol–water partition coefficient (Wildman–Crippen LogP) is 3.89. The summed E-state index contributed by atoms with van der Waals surface area (Å²) in [5.74, 6) is 0. The van der Waals surface area contributed by atoms with E-state index in [2.05, 4.69) is 37.1 Å². The van der Waals surface area contributed by atoms with Gasteiger partial charge in [0.05, 0.1) is 0 Å². The molecule has 0 saturated heterocycles. The van der Waals surface area contributed by atoms with E-state index in [0.29, 0.717) is 0 Å². The maximum absolute atomic E-state index is 4.11. The lowest BCUT2D eigenvalue weighted by molar-refractivity contribution is 1.21. The van der Waals surface area contributed by atoms with Gasteiger partial charge in [-0.3, -0.25) is 4.99 Å². The molecule has 13 heavy (non-hydrogen) atoms. The van der Waals surface area contributed by atoms with Crippen molar-refractivity contribution in [2.45, 2.75) is 33.1 Å². The van der Waals surface area contributed by atoms with Gasteiger partial charge in [-0.05, 0) is 18.9 Å². The Hall–Kier alpha value is -1.11. The Balaban J connectivity index is 3.45. The van der Waals surface area contributed by atoms with Gasteiger partial charge in [-0.15, -0.1) is 0 Å². The number of aliphatic imine (C=N–C) groups is 1. The lowest BCUT2D eigenvalue weighted by Gasteiger charge is -1.79. The Morgan fingerprint density at radius 3 is 2.38 bits per heavy atom. The molecule has 0 spiro atoms. The zero-order valence-electron chi connectivity index (χ0n) is 8.61. The molecule has 0 bridgehead atoms. The molecule has 0 amide bonds. The lowest BCUT2D eigenvalue weighted by atomic mass is 10.3. The van der Waals surface area contributed by atoms with Gasteiger partial charge in [0.2, 0.25) is 0 Å². The van der Waals surface area contributed by atoms with Crippen molar-refractivity contribution in [1.29, 1.82) is 0 Å². The van der Waals surface area contributed by atoms with Crippen molar-refractivity contribution in [2.75, 3.05) is 0 Å². The summed E-state index contributed by atoms with van der Waals surface area (Å²) < 4.78 is 0. The molecule has 0 N–H and O–H groups in total. The summed E-state index contributed by atoms with van der Waals surface area (Å²) in [4.78, 5) is 4.11. The van der Waals surface area contributed by atoms with Crippen molar-refractivity contribution in [3.63, 3.8) is 0 Å². The average molecular weight is 177 g/mol. The van der Waals surface area contributed by atoms with Gasteiger partial charge in [-0.1, -0.05) is 38.2 Å². The van der Waals surface area contributed by atoms with Crippen LogP contribution in [0.1, 0.15) is 33.1 Å². The van der Waals surface area contributed by atoms with Gasteiger partial charge in [0, 0.05) is 18.8 Å². The summed E-state index contributed by atoms with van der Waals surface area (Å²) >= 11 is 0. The number of hydrogen-bond donors (Lipinski definition) is 0. The molecule has 72 valence electrons. The van der Waals surface area contributed by atoms with Crippen molar-refractivity contribution in [3.8, 4) is 0 Å². The molecule has 0 aromatic carbocycles. The Kier molecular flexibility index (Phi) is 9.96. The molecule has 0 rings (SSSR count). The van der Waals surface area contributed by atoms with Gasteiger partial charge in [0.25, 0.3) is 0 Å². The van der Waals surface area contributed by atoms with E-state index in [4.69, 9.17) is 0 Å². The van der Waals surface area contributed by atoms with E-state index in [-0.39, 0.29) is 0 Å². The van der Waals surface area contributed by atoms with E-state index >= 15 is 0 Å². The van der Waals surface area contributed by atoms with E-state index in [0.717, 1.165) is 19.3 Å². The van der Waals surface area contributed by atoms with Crippen LogP contribution in [0.15, 0.2) is 41.6 Å². The van der Waals surface area contributed by atoms with Gasteiger partial charge < -0.3 is 0 Å². The summed E-state index contributed by atoms with van der Waals surface area (Å²) in [7, 11) is 0. The summed E-state index contributed by atoms with van der Waals surface area (Å²) in [6.07, 6.45) is 17.2. The highest BCUT2D eigenvalue weighted by atomic mass is 14.7. The third kappa shape index (κ3) is 10.9. The normalized spacial score (nSPS) is 13.1. The van der Waals surface area contributed by atoms with E-state index in [1.54, 1.807) is 0 Å². The number of hydrogen-bond acceptors (Lipinski definition) is 1. The zero-order valence-corrected chi connectivity index (χ0v) is 8.61. The molecule has 1 nitrogen and oxygen atoms in total. The molecule has 0 heterocycles. The molecule has 0 radical (unpaired) electrons. The zero-order chi connectivity index (χ0) is 9.78. The molecule has 0 aliphatic rings. The molecule has 0 aromatic rings. The van der Waals surface area contributed by atoms with Crippen LogP contribution < -0.4 is 0 Å². The highest BCUT2D eigenvalue weighted by Gasteiger charge is 1.69. The van der Waals surface area contributed by atoms with Gasteiger partial charge in [0.15, 0.2) is 0 Å². The van der Waals surface area contributed by atoms with E-state index in [1.807, 2.05) is 24.6 Å². The maximum Gasteiger partial charge on any atom is 0.0263 e. The first-order valence-corrected chi connectivity index (χ1v) is 4.90. The molecule has 0 aromatic heterocycles. The Bertz CT molecular complexity index is 197. The lowest BCUT2D eigenvalue weighted by Crippen LogP contribution is -1.67. The minimum atomic E-state index is 0.926. The molecule has 0 aliphatic heterocycles. The first-order valence-electron chi connectivity index (χ1n) is 4.90. The maximum atomic E-state index is 4.11. The van der Waals surface area contributed by atoms with Gasteiger partial charge in [-0.2, -0.15) is 0 Å². The molecule has 1 heteroatoms. The second-order valence-corrected chi connectivity index (χ2v) is 2.62. The van der Waals surface area contributed by atoms with Gasteiger partial charge in [-0.25, -0.2) is 0 Å². The summed E-state index contributed by atoms with van der Waals surface area (Å²) in [6, 6.07) is 0. The molecule has 0 aliphatic carbocycles. The highest BCUT2D eigenvalue weighted by Crippen LogP contribution is 1.85. The first kappa shape index (κ1) is 11.9. The smallest absolute Gasteiger partial charge is 0.0263 e. The Morgan fingerprint density at radius 1 is 0.923 bits per heavy atom. The fraction of sp³-hybridized carbons (Fsp3) is 0.417. The monoisotopic (exact) mass is 177 g/mol. The van der Waals surface area contributed by atoms with Crippen LogP contribution in [-0.4, -0.2) is 6.21 Å². The number of rotatable bonds is 6. The average Bonchev–Trinajstić information content (AvgIpc) is 2.16. The van der Waals surface area contributed by atoms with Crippen molar-refractivity contribution in [2.24, 2.45) is 4.99 Å². The van der Waals surface area contributed by atoms with Gasteiger partial charge >= 0.3 is 0 Å². The van der Waals surface area contributed by atoms with Crippen LogP contribution in [-0.2, 0) is 0 Å². The molecule has 0 atom stereocenters. The Labute approximate surface area is 81.6 Å².